The summed E-state index contributed by atoms with van der Waals surface area (Å²) in [6, 6.07) is 12.3. The van der Waals surface area contributed by atoms with Crippen LogP contribution in [0.2, 0.25) is 0 Å². The van der Waals surface area contributed by atoms with Gasteiger partial charge in [-0.3, -0.25) is 5.84 Å². The highest BCUT2D eigenvalue weighted by Crippen LogP contribution is 2.30. The number of hydrogen-bond acceptors (Lipinski definition) is 2. The van der Waals surface area contributed by atoms with Gasteiger partial charge in [-0.1, -0.05) is 42.0 Å². The normalized spacial score (nSPS) is 13.2. The van der Waals surface area contributed by atoms with Crippen LogP contribution in [0.1, 0.15) is 28.3 Å². The second-order valence-electron chi connectivity index (χ2n) is 4.63. The zero-order valence-electron chi connectivity index (χ0n) is 10.9. The first-order valence-corrected chi connectivity index (χ1v) is 6.11. The Morgan fingerprint density at radius 3 is 2.15 bits per heavy atom. The quantitative estimate of drug-likeness (QED) is 0.666. The van der Waals surface area contributed by atoms with Gasteiger partial charge in [0.1, 0.15) is 0 Å². The predicted octanol–water partition coefficient (Wildman–Crippen LogP) is 3.57. The highest BCUT2D eigenvalue weighted by Gasteiger charge is 2.30. The van der Waals surface area contributed by atoms with Crippen LogP contribution in [0.5, 0.6) is 0 Å². The summed E-state index contributed by atoms with van der Waals surface area (Å²) in [6.07, 6.45) is -4.33. The van der Waals surface area contributed by atoms with Crippen molar-refractivity contribution in [3.8, 4) is 0 Å². The van der Waals surface area contributed by atoms with Crippen LogP contribution >= 0.6 is 0 Å². The molecule has 106 valence electrons. The number of nitrogens with two attached hydrogens (primary N) is 1. The smallest absolute Gasteiger partial charge is 0.271 e. The monoisotopic (exact) mass is 280 g/mol. The van der Waals surface area contributed by atoms with Gasteiger partial charge in [0.15, 0.2) is 0 Å². The number of aryl methyl sites for hydroxylation is 1. The molecule has 5 heteroatoms. The molecule has 0 aromatic heterocycles. The summed E-state index contributed by atoms with van der Waals surface area (Å²) in [5.74, 6) is 5.54. The molecule has 2 rings (SSSR count). The van der Waals surface area contributed by atoms with Gasteiger partial charge in [-0.05, 0) is 30.2 Å². The first-order chi connectivity index (χ1) is 9.41. The van der Waals surface area contributed by atoms with Gasteiger partial charge >= 0.3 is 6.18 Å². The summed E-state index contributed by atoms with van der Waals surface area (Å²) in [4.78, 5) is 0. The molecule has 2 aromatic rings. The Kier molecular flexibility index (Phi) is 4.11. The topological polar surface area (TPSA) is 38.0 Å². The maximum Gasteiger partial charge on any atom is 0.416 e. The van der Waals surface area contributed by atoms with Gasteiger partial charge in [-0.25, -0.2) is 5.43 Å². The molecule has 0 aliphatic rings. The Morgan fingerprint density at radius 2 is 1.65 bits per heavy atom. The minimum atomic E-state index is -4.33. The molecule has 0 bridgehead atoms. The lowest BCUT2D eigenvalue weighted by Gasteiger charge is -2.18. The highest BCUT2D eigenvalue weighted by atomic mass is 19.4. The molecule has 2 nitrogen and oxygen atoms in total. The second-order valence-corrected chi connectivity index (χ2v) is 4.63. The van der Waals surface area contributed by atoms with Crippen LogP contribution < -0.4 is 11.3 Å². The van der Waals surface area contributed by atoms with E-state index in [1.807, 2.05) is 31.2 Å². The van der Waals surface area contributed by atoms with Crippen LogP contribution in [0.4, 0.5) is 13.2 Å². The summed E-state index contributed by atoms with van der Waals surface area (Å²) in [7, 11) is 0. The van der Waals surface area contributed by atoms with Crippen LogP contribution in [0.3, 0.4) is 0 Å². The summed E-state index contributed by atoms with van der Waals surface area (Å²) >= 11 is 0. The minimum Gasteiger partial charge on any atom is -0.271 e. The molecule has 0 fully saturated rings. The fourth-order valence-electron chi connectivity index (χ4n) is 2.10. The largest absolute Gasteiger partial charge is 0.416 e. The van der Waals surface area contributed by atoms with Crippen LogP contribution in [0.25, 0.3) is 0 Å². The van der Waals surface area contributed by atoms with E-state index in [2.05, 4.69) is 5.43 Å². The molecule has 1 unspecified atom stereocenters. The molecule has 0 saturated heterocycles. The van der Waals surface area contributed by atoms with E-state index >= 15 is 0 Å². The fraction of sp³-hybridized carbons (Fsp3) is 0.200. The third kappa shape index (κ3) is 3.18. The second kappa shape index (κ2) is 5.64. The first-order valence-electron chi connectivity index (χ1n) is 6.11. The number of rotatable bonds is 3. The van der Waals surface area contributed by atoms with Gasteiger partial charge in [0.05, 0.1) is 11.6 Å². The number of hydrogen-bond donors (Lipinski definition) is 2. The Morgan fingerprint density at radius 1 is 1.00 bits per heavy atom. The molecule has 0 amide bonds. The summed E-state index contributed by atoms with van der Waals surface area (Å²) in [5, 5.41) is 0. The summed E-state index contributed by atoms with van der Waals surface area (Å²) < 4.78 is 37.6. The van der Waals surface area contributed by atoms with Crippen LogP contribution in [0.15, 0.2) is 48.5 Å². The number of halogens is 3. The van der Waals surface area contributed by atoms with Crippen LogP contribution in [0, 0.1) is 6.92 Å². The number of alkyl halides is 3. The van der Waals surface area contributed by atoms with Crippen LogP contribution in [-0.2, 0) is 6.18 Å². The van der Waals surface area contributed by atoms with Crippen molar-refractivity contribution in [1.82, 2.24) is 5.43 Å². The minimum absolute atomic E-state index is 0.336. The maximum atomic E-state index is 12.5. The van der Waals surface area contributed by atoms with E-state index in [1.165, 1.54) is 12.1 Å². The number of benzene rings is 2. The van der Waals surface area contributed by atoms with Crippen molar-refractivity contribution in [2.75, 3.05) is 0 Å². The van der Waals surface area contributed by atoms with E-state index in [1.54, 1.807) is 0 Å². The Labute approximate surface area is 115 Å². The van der Waals surface area contributed by atoms with Crippen molar-refractivity contribution in [1.29, 1.82) is 0 Å². The predicted molar refractivity (Wildman–Crippen MR) is 71.8 cm³/mol. The first kappa shape index (κ1) is 14.6. The van der Waals surface area contributed by atoms with Crippen molar-refractivity contribution in [2.45, 2.75) is 19.1 Å². The Bertz CT molecular complexity index is 576. The molecule has 1 atom stereocenters. The van der Waals surface area contributed by atoms with Gasteiger partial charge in [0, 0.05) is 0 Å². The molecule has 0 aliphatic heterocycles. The standard InChI is InChI=1S/C15H15F3N2/c1-10-3-2-4-12(9-10)14(20-19)11-5-7-13(8-6-11)15(16,17)18/h2-9,14,20H,19H2,1H3. The molecular weight excluding hydrogens is 265 g/mol. The summed E-state index contributed by atoms with van der Waals surface area (Å²) in [5.41, 5.74) is 4.63. The average molecular weight is 280 g/mol. The lowest BCUT2D eigenvalue weighted by molar-refractivity contribution is -0.137. The molecule has 0 heterocycles. The van der Waals surface area contributed by atoms with Gasteiger partial charge in [-0.2, -0.15) is 13.2 Å². The number of nitrogens with one attached hydrogen (secondary N) is 1. The SMILES string of the molecule is Cc1cccc(C(NN)c2ccc(C(F)(F)F)cc2)c1. The van der Waals surface area contributed by atoms with E-state index in [9.17, 15) is 13.2 Å². The fourth-order valence-corrected chi connectivity index (χ4v) is 2.10. The molecule has 20 heavy (non-hydrogen) atoms. The van der Waals surface area contributed by atoms with Gasteiger partial charge in [-0.15, -0.1) is 0 Å². The Hall–Kier alpha value is -1.85. The summed E-state index contributed by atoms with van der Waals surface area (Å²) in [6.45, 7) is 1.95. The van der Waals surface area contributed by atoms with E-state index in [0.717, 1.165) is 23.3 Å². The van der Waals surface area contributed by atoms with E-state index < -0.39 is 11.7 Å². The third-order valence-electron chi connectivity index (χ3n) is 3.11. The third-order valence-corrected chi connectivity index (χ3v) is 3.11. The number of hydrazine groups is 1. The van der Waals surface area contributed by atoms with Gasteiger partial charge in [0.2, 0.25) is 0 Å². The lowest BCUT2D eigenvalue weighted by Crippen LogP contribution is -2.28. The Balaban J connectivity index is 2.33. The molecule has 0 radical (unpaired) electrons. The van der Waals surface area contributed by atoms with E-state index in [4.69, 9.17) is 5.84 Å². The van der Waals surface area contributed by atoms with E-state index in [0.29, 0.717) is 5.56 Å². The van der Waals surface area contributed by atoms with Crippen molar-refractivity contribution >= 4 is 0 Å². The van der Waals surface area contributed by atoms with Crippen molar-refractivity contribution in [3.05, 3.63) is 70.8 Å². The molecule has 3 N–H and O–H groups in total. The molecular formula is C15H15F3N2. The zero-order chi connectivity index (χ0) is 14.8. The maximum absolute atomic E-state index is 12.5. The molecule has 0 saturated carbocycles. The lowest BCUT2D eigenvalue weighted by atomic mass is 9.97. The molecule has 2 aromatic carbocycles. The average Bonchev–Trinajstić information content (AvgIpc) is 2.39. The van der Waals surface area contributed by atoms with Crippen molar-refractivity contribution in [2.24, 2.45) is 5.84 Å². The van der Waals surface area contributed by atoms with E-state index in [-0.39, 0.29) is 6.04 Å². The van der Waals surface area contributed by atoms with Gasteiger partial charge < -0.3 is 0 Å². The zero-order valence-corrected chi connectivity index (χ0v) is 10.9. The van der Waals surface area contributed by atoms with Gasteiger partial charge in [0.25, 0.3) is 0 Å². The van der Waals surface area contributed by atoms with Crippen LogP contribution in [-0.4, -0.2) is 0 Å². The molecule has 0 aliphatic carbocycles. The van der Waals surface area contributed by atoms with Crippen molar-refractivity contribution in [3.63, 3.8) is 0 Å². The van der Waals surface area contributed by atoms with Crippen molar-refractivity contribution < 1.29 is 13.2 Å². The highest BCUT2D eigenvalue weighted by molar-refractivity contribution is 5.35. The molecule has 0 spiro atoms.